The maximum Gasteiger partial charge on any atom is 0.196 e. The summed E-state index contributed by atoms with van der Waals surface area (Å²) in [6, 6.07) is 29.6. The number of benzene rings is 3. The summed E-state index contributed by atoms with van der Waals surface area (Å²) in [5.41, 5.74) is 1.74. The van der Waals surface area contributed by atoms with E-state index in [1.54, 1.807) is 0 Å². The van der Waals surface area contributed by atoms with Crippen molar-refractivity contribution in [2.75, 3.05) is 6.61 Å². The van der Waals surface area contributed by atoms with Gasteiger partial charge in [-0.2, -0.15) is 0 Å². The Morgan fingerprint density at radius 3 is 1.54 bits per heavy atom. The van der Waals surface area contributed by atoms with Gasteiger partial charge in [0, 0.05) is 5.41 Å². The van der Waals surface area contributed by atoms with Gasteiger partial charge in [-0.3, -0.25) is 4.79 Å². The highest BCUT2D eigenvalue weighted by Crippen LogP contribution is 2.38. The number of aliphatic hydroxyl groups is 1. The van der Waals surface area contributed by atoms with E-state index in [1.165, 1.54) is 0 Å². The summed E-state index contributed by atoms with van der Waals surface area (Å²) in [4.78, 5) is 13.1. The first-order chi connectivity index (χ1) is 18.8. The van der Waals surface area contributed by atoms with Crippen molar-refractivity contribution in [3.8, 4) is 0 Å². The van der Waals surface area contributed by atoms with Gasteiger partial charge in [-0.25, -0.2) is 0 Å². The molecule has 0 amide bonds. The van der Waals surface area contributed by atoms with Crippen LogP contribution in [0.25, 0.3) is 0 Å². The van der Waals surface area contributed by atoms with E-state index in [0.29, 0.717) is 19.8 Å². The van der Waals surface area contributed by atoms with Crippen LogP contribution in [0.4, 0.5) is 0 Å². The maximum atomic E-state index is 13.1. The highest BCUT2D eigenvalue weighted by Gasteiger charge is 2.49. The molecule has 4 rings (SSSR count). The Morgan fingerprint density at radius 2 is 1.13 bits per heavy atom. The Bertz CT molecular complexity index is 1140. The Kier molecular flexibility index (Phi) is 10.7. The van der Waals surface area contributed by atoms with Crippen molar-refractivity contribution in [1.29, 1.82) is 0 Å². The maximum absolute atomic E-state index is 13.1. The highest BCUT2D eigenvalue weighted by atomic mass is 32.2. The van der Waals surface area contributed by atoms with Crippen molar-refractivity contribution in [2.24, 2.45) is 5.41 Å². The van der Waals surface area contributed by atoms with Gasteiger partial charge >= 0.3 is 0 Å². The molecule has 0 aliphatic carbocycles. The Morgan fingerprint density at radius 1 is 0.718 bits per heavy atom. The molecule has 1 heterocycles. The third kappa shape index (κ3) is 8.48. The molecular formula is C32H38O6S. The molecule has 3 aromatic rings. The zero-order chi connectivity index (χ0) is 27.7. The first-order valence-electron chi connectivity index (χ1n) is 13.3. The topological polar surface area (TPSA) is 74.2 Å². The van der Waals surface area contributed by atoms with E-state index in [9.17, 15) is 9.90 Å². The second-order valence-electron chi connectivity index (χ2n) is 10.7. The molecule has 0 bridgehead atoms. The summed E-state index contributed by atoms with van der Waals surface area (Å²) in [6.45, 7) is 6.31. The fourth-order valence-electron chi connectivity index (χ4n) is 4.27. The summed E-state index contributed by atoms with van der Waals surface area (Å²) in [6.07, 6.45) is -2.56. The summed E-state index contributed by atoms with van der Waals surface area (Å²) >= 11 is 1.10. The highest BCUT2D eigenvalue weighted by molar-refractivity contribution is 8.14. The zero-order valence-corrected chi connectivity index (χ0v) is 23.6. The molecule has 7 heteroatoms. The number of carbonyl (C=O) groups excluding carboxylic acids is 1. The van der Waals surface area contributed by atoms with Crippen LogP contribution in [-0.2, 0) is 43.6 Å². The standard InChI is InChI=1S/C32H38O6S/c1-32(2,3)31(34)39-30-29(37-22-25-17-11-6-12-18-25)28(36-21-24-15-9-5-10-16-24)27(26(19-33)38-30)35-20-23-13-7-4-8-14-23/h4-18,26-30,33H,19-22H2,1-3H3/t26-,27+,28+,29-,30-/m1/s1. The van der Waals surface area contributed by atoms with Crippen LogP contribution >= 0.6 is 11.8 Å². The lowest BCUT2D eigenvalue weighted by Gasteiger charge is -2.45. The molecule has 1 saturated heterocycles. The van der Waals surface area contributed by atoms with Crippen LogP contribution in [0.5, 0.6) is 0 Å². The lowest BCUT2D eigenvalue weighted by Crippen LogP contribution is -2.60. The van der Waals surface area contributed by atoms with Gasteiger partial charge in [0.15, 0.2) is 5.12 Å². The van der Waals surface area contributed by atoms with Gasteiger partial charge in [-0.05, 0) is 16.7 Å². The van der Waals surface area contributed by atoms with Crippen LogP contribution in [0.2, 0.25) is 0 Å². The fourth-order valence-corrected chi connectivity index (χ4v) is 5.40. The normalized spacial score (nSPS) is 23.4. The number of aliphatic hydroxyl groups excluding tert-OH is 1. The average Bonchev–Trinajstić information content (AvgIpc) is 2.95. The molecule has 1 N–H and O–H groups in total. The third-order valence-electron chi connectivity index (χ3n) is 6.46. The van der Waals surface area contributed by atoms with E-state index in [0.717, 1.165) is 28.5 Å². The largest absolute Gasteiger partial charge is 0.394 e. The van der Waals surface area contributed by atoms with Gasteiger partial charge in [-0.15, -0.1) is 0 Å². The summed E-state index contributed by atoms with van der Waals surface area (Å²) < 4.78 is 25.8. The summed E-state index contributed by atoms with van der Waals surface area (Å²) in [5, 5.41) is 10.3. The smallest absolute Gasteiger partial charge is 0.196 e. The monoisotopic (exact) mass is 550 g/mol. The quantitative estimate of drug-likeness (QED) is 0.325. The molecule has 39 heavy (non-hydrogen) atoms. The molecule has 5 atom stereocenters. The van der Waals surface area contributed by atoms with Crippen LogP contribution in [-0.4, -0.2) is 46.7 Å². The Balaban J connectivity index is 1.64. The average molecular weight is 551 g/mol. The van der Waals surface area contributed by atoms with Crippen molar-refractivity contribution in [1.82, 2.24) is 0 Å². The van der Waals surface area contributed by atoms with E-state index in [2.05, 4.69) is 0 Å². The lowest BCUT2D eigenvalue weighted by atomic mass is 9.98. The number of rotatable bonds is 11. The second kappa shape index (κ2) is 14.2. The predicted molar refractivity (Wildman–Crippen MR) is 153 cm³/mol. The zero-order valence-electron chi connectivity index (χ0n) is 22.8. The lowest BCUT2D eigenvalue weighted by molar-refractivity contribution is -0.251. The predicted octanol–water partition coefficient (Wildman–Crippen LogP) is 5.77. The Hall–Kier alpha value is -2.52. The Labute approximate surface area is 235 Å². The molecule has 0 saturated carbocycles. The van der Waals surface area contributed by atoms with E-state index in [-0.39, 0.29) is 11.7 Å². The molecule has 0 spiro atoms. The summed E-state index contributed by atoms with van der Waals surface area (Å²) in [7, 11) is 0. The number of thioether (sulfide) groups is 1. The molecule has 0 aromatic heterocycles. The molecule has 0 radical (unpaired) electrons. The molecule has 3 aromatic carbocycles. The van der Waals surface area contributed by atoms with Gasteiger partial charge in [0.2, 0.25) is 0 Å². The minimum Gasteiger partial charge on any atom is -0.394 e. The van der Waals surface area contributed by atoms with Gasteiger partial charge < -0.3 is 24.1 Å². The van der Waals surface area contributed by atoms with Crippen LogP contribution in [0.15, 0.2) is 91.0 Å². The number of hydrogen-bond acceptors (Lipinski definition) is 7. The fraction of sp³-hybridized carbons (Fsp3) is 0.406. The van der Waals surface area contributed by atoms with Crippen molar-refractivity contribution < 1.29 is 28.8 Å². The van der Waals surface area contributed by atoms with E-state index in [4.69, 9.17) is 18.9 Å². The molecule has 1 aliphatic rings. The number of ether oxygens (including phenoxy) is 4. The number of carbonyl (C=O) groups is 1. The van der Waals surface area contributed by atoms with Crippen molar-refractivity contribution in [3.63, 3.8) is 0 Å². The molecular weight excluding hydrogens is 512 g/mol. The van der Waals surface area contributed by atoms with Gasteiger partial charge in [0.05, 0.1) is 26.4 Å². The van der Waals surface area contributed by atoms with Gasteiger partial charge in [0.1, 0.15) is 29.9 Å². The molecule has 1 aliphatic heterocycles. The second-order valence-corrected chi connectivity index (χ2v) is 11.7. The molecule has 208 valence electrons. The molecule has 6 nitrogen and oxygen atoms in total. The summed E-state index contributed by atoms with van der Waals surface area (Å²) in [5.74, 6) is 0. The van der Waals surface area contributed by atoms with Crippen LogP contribution in [0.1, 0.15) is 37.5 Å². The van der Waals surface area contributed by atoms with Crippen LogP contribution in [0.3, 0.4) is 0 Å². The molecule has 1 fully saturated rings. The minimum absolute atomic E-state index is 0.0250. The van der Waals surface area contributed by atoms with Crippen LogP contribution < -0.4 is 0 Å². The van der Waals surface area contributed by atoms with Crippen molar-refractivity contribution in [3.05, 3.63) is 108 Å². The van der Waals surface area contributed by atoms with Gasteiger partial charge in [-0.1, -0.05) is 124 Å². The number of hydrogen-bond donors (Lipinski definition) is 1. The minimum atomic E-state index is -0.698. The third-order valence-corrected chi connectivity index (χ3v) is 7.90. The van der Waals surface area contributed by atoms with E-state index in [1.807, 2.05) is 112 Å². The van der Waals surface area contributed by atoms with Crippen LogP contribution in [0, 0.1) is 5.41 Å². The SMILES string of the molecule is CC(C)(C)C(=O)S[C@H]1O[C@H](CO)[C@H](OCc2ccccc2)[C@H](OCc2ccccc2)[C@H]1OCc1ccccc1. The van der Waals surface area contributed by atoms with Crippen molar-refractivity contribution in [2.45, 2.75) is 70.4 Å². The van der Waals surface area contributed by atoms with E-state index < -0.39 is 35.3 Å². The first kappa shape index (κ1) is 29.5. The van der Waals surface area contributed by atoms with Gasteiger partial charge in [0.25, 0.3) is 0 Å². The molecule has 0 unspecified atom stereocenters. The van der Waals surface area contributed by atoms with Crippen molar-refractivity contribution >= 4 is 16.9 Å². The first-order valence-corrected chi connectivity index (χ1v) is 14.2. The van der Waals surface area contributed by atoms with E-state index >= 15 is 0 Å².